The second-order valence-electron chi connectivity index (χ2n) is 8.11. The second kappa shape index (κ2) is 8.99. The van der Waals surface area contributed by atoms with Gasteiger partial charge < -0.3 is 4.74 Å². The number of piperidine rings is 1. The van der Waals surface area contributed by atoms with Crippen molar-refractivity contribution < 1.29 is 36.5 Å². The number of hydrogen-bond donors (Lipinski definition) is 1. The SMILES string of the molecule is Cc1ccc(S(=O)(=O)OCC(C)Oc2cccc3c2C(=O)N(C2CCC(=O)NC2=O)C3=O)cc1. The molecule has 2 unspecified atom stereocenters. The molecule has 1 N–H and O–H groups in total. The van der Waals surface area contributed by atoms with E-state index in [4.69, 9.17) is 8.92 Å². The van der Waals surface area contributed by atoms with Crippen LogP contribution in [0.15, 0.2) is 47.4 Å². The fourth-order valence-corrected chi connectivity index (χ4v) is 4.77. The first kappa shape index (κ1) is 23.6. The van der Waals surface area contributed by atoms with Gasteiger partial charge in [0, 0.05) is 6.42 Å². The van der Waals surface area contributed by atoms with Crippen molar-refractivity contribution in [3.63, 3.8) is 0 Å². The van der Waals surface area contributed by atoms with Gasteiger partial charge in [-0.25, -0.2) is 0 Å². The smallest absolute Gasteiger partial charge is 0.297 e. The minimum Gasteiger partial charge on any atom is -0.487 e. The van der Waals surface area contributed by atoms with Gasteiger partial charge in [-0.1, -0.05) is 23.8 Å². The number of fused-ring (bicyclic) bond motifs is 1. The number of carbonyl (C=O) groups excluding carboxylic acids is 4. The second-order valence-corrected chi connectivity index (χ2v) is 9.72. The third kappa shape index (κ3) is 4.44. The van der Waals surface area contributed by atoms with E-state index in [-0.39, 0.29) is 41.2 Å². The van der Waals surface area contributed by atoms with Gasteiger partial charge in [-0.3, -0.25) is 33.6 Å². The Morgan fingerprint density at radius 2 is 1.76 bits per heavy atom. The van der Waals surface area contributed by atoms with Crippen molar-refractivity contribution in [2.24, 2.45) is 0 Å². The maximum Gasteiger partial charge on any atom is 0.297 e. The summed E-state index contributed by atoms with van der Waals surface area (Å²) >= 11 is 0. The summed E-state index contributed by atoms with van der Waals surface area (Å²) in [5.41, 5.74) is 0.942. The Hall–Kier alpha value is -3.57. The van der Waals surface area contributed by atoms with Gasteiger partial charge >= 0.3 is 0 Å². The van der Waals surface area contributed by atoms with Crippen LogP contribution in [-0.2, 0) is 23.9 Å². The van der Waals surface area contributed by atoms with Crippen LogP contribution in [0.4, 0.5) is 0 Å². The number of hydrogen-bond acceptors (Lipinski definition) is 8. The summed E-state index contributed by atoms with van der Waals surface area (Å²) in [6.07, 6.45) is -0.746. The van der Waals surface area contributed by atoms with Gasteiger partial charge in [-0.05, 0) is 44.5 Å². The predicted octanol–water partition coefficient (Wildman–Crippen LogP) is 1.57. The zero-order valence-corrected chi connectivity index (χ0v) is 19.3. The number of carbonyl (C=O) groups is 4. The summed E-state index contributed by atoms with van der Waals surface area (Å²) in [6, 6.07) is 9.52. The first-order valence-corrected chi connectivity index (χ1v) is 12.0. The average molecular weight is 487 g/mol. The molecule has 0 radical (unpaired) electrons. The number of nitrogens with one attached hydrogen (secondary N) is 1. The lowest BCUT2D eigenvalue weighted by Gasteiger charge is -2.27. The van der Waals surface area contributed by atoms with E-state index >= 15 is 0 Å². The van der Waals surface area contributed by atoms with Gasteiger partial charge in [0.2, 0.25) is 11.8 Å². The van der Waals surface area contributed by atoms with E-state index in [1.54, 1.807) is 19.1 Å². The van der Waals surface area contributed by atoms with E-state index < -0.39 is 45.9 Å². The topological polar surface area (TPSA) is 136 Å². The van der Waals surface area contributed by atoms with Crippen LogP contribution in [0.25, 0.3) is 0 Å². The molecule has 1 fully saturated rings. The molecule has 0 bridgehead atoms. The van der Waals surface area contributed by atoms with Crippen LogP contribution in [0.5, 0.6) is 5.75 Å². The van der Waals surface area contributed by atoms with Crippen LogP contribution in [-0.4, -0.2) is 55.7 Å². The molecule has 2 aliphatic rings. The highest BCUT2D eigenvalue weighted by Gasteiger charge is 2.46. The third-order valence-electron chi connectivity index (χ3n) is 5.53. The third-order valence-corrected chi connectivity index (χ3v) is 6.82. The molecular formula is C23H22N2O8S. The summed E-state index contributed by atoms with van der Waals surface area (Å²) in [6.45, 7) is 3.06. The first-order chi connectivity index (χ1) is 16.1. The standard InChI is InChI=1S/C23H22N2O8S/c1-13-6-8-15(9-7-13)34(30,31)32-12-14(2)33-18-5-3-4-16-20(18)23(29)25(22(16)28)17-10-11-19(26)24-21(17)27/h3-9,14,17H,10-12H2,1-2H3,(H,24,26,27). The van der Waals surface area contributed by atoms with Gasteiger partial charge in [0.05, 0.1) is 16.0 Å². The Labute approximate surface area is 196 Å². The summed E-state index contributed by atoms with van der Waals surface area (Å²) in [4.78, 5) is 50.5. The maximum atomic E-state index is 13.1. The zero-order chi connectivity index (χ0) is 24.6. The molecule has 11 heteroatoms. The van der Waals surface area contributed by atoms with Gasteiger partial charge in [0.15, 0.2) is 0 Å². The van der Waals surface area contributed by atoms with Crippen LogP contribution in [0.1, 0.15) is 46.0 Å². The normalized spacial score (nSPS) is 19.1. The Morgan fingerprint density at radius 1 is 1.06 bits per heavy atom. The van der Waals surface area contributed by atoms with Crippen LogP contribution in [0.2, 0.25) is 0 Å². The molecule has 2 aliphatic heterocycles. The molecular weight excluding hydrogens is 464 g/mol. The summed E-state index contributed by atoms with van der Waals surface area (Å²) in [7, 11) is -4.01. The average Bonchev–Trinajstić information content (AvgIpc) is 3.04. The largest absolute Gasteiger partial charge is 0.487 e. The maximum absolute atomic E-state index is 13.1. The summed E-state index contributed by atoms with van der Waals surface area (Å²) in [5.74, 6) is -2.49. The molecule has 2 aromatic carbocycles. The van der Waals surface area contributed by atoms with E-state index in [1.807, 2.05) is 6.92 Å². The molecule has 4 rings (SSSR count). The molecule has 10 nitrogen and oxygen atoms in total. The predicted molar refractivity (Wildman–Crippen MR) is 118 cm³/mol. The van der Waals surface area contributed by atoms with Crippen LogP contribution < -0.4 is 10.1 Å². The van der Waals surface area contributed by atoms with Crippen molar-refractivity contribution in [3.05, 3.63) is 59.2 Å². The Bertz CT molecular complexity index is 1290. The number of aryl methyl sites for hydroxylation is 1. The molecule has 2 heterocycles. The number of imide groups is 2. The lowest BCUT2D eigenvalue weighted by molar-refractivity contribution is -0.136. The van der Waals surface area contributed by atoms with E-state index in [0.29, 0.717) is 0 Å². The molecule has 0 aliphatic carbocycles. The zero-order valence-electron chi connectivity index (χ0n) is 18.4. The van der Waals surface area contributed by atoms with Crippen molar-refractivity contribution in [1.82, 2.24) is 10.2 Å². The van der Waals surface area contributed by atoms with Crippen molar-refractivity contribution in [3.8, 4) is 5.75 Å². The molecule has 2 atom stereocenters. The van der Waals surface area contributed by atoms with Crippen LogP contribution in [0, 0.1) is 6.92 Å². The van der Waals surface area contributed by atoms with Gasteiger partial charge in [0.1, 0.15) is 24.5 Å². The lowest BCUT2D eigenvalue weighted by atomic mass is 10.0. The first-order valence-electron chi connectivity index (χ1n) is 10.6. The molecule has 0 spiro atoms. The minimum absolute atomic E-state index is 0.00607. The highest BCUT2D eigenvalue weighted by atomic mass is 32.2. The molecule has 2 aromatic rings. The van der Waals surface area contributed by atoms with E-state index in [1.165, 1.54) is 30.3 Å². The lowest BCUT2D eigenvalue weighted by Crippen LogP contribution is -2.54. The molecule has 4 amide bonds. The van der Waals surface area contributed by atoms with Crippen LogP contribution >= 0.6 is 0 Å². The molecule has 178 valence electrons. The van der Waals surface area contributed by atoms with Crippen molar-refractivity contribution in [2.45, 2.75) is 43.7 Å². The van der Waals surface area contributed by atoms with Gasteiger partial charge in [0.25, 0.3) is 21.9 Å². The number of benzene rings is 2. The fraction of sp³-hybridized carbons (Fsp3) is 0.304. The van der Waals surface area contributed by atoms with Crippen molar-refractivity contribution in [1.29, 1.82) is 0 Å². The highest BCUT2D eigenvalue weighted by molar-refractivity contribution is 7.86. The van der Waals surface area contributed by atoms with Gasteiger partial charge in [-0.15, -0.1) is 0 Å². The van der Waals surface area contributed by atoms with Crippen LogP contribution in [0.3, 0.4) is 0 Å². The summed E-state index contributed by atoms with van der Waals surface area (Å²) in [5, 5.41) is 2.14. The Balaban J connectivity index is 1.49. The van der Waals surface area contributed by atoms with E-state index in [9.17, 15) is 27.6 Å². The van der Waals surface area contributed by atoms with E-state index in [2.05, 4.69) is 5.32 Å². The molecule has 0 aromatic heterocycles. The molecule has 34 heavy (non-hydrogen) atoms. The van der Waals surface area contributed by atoms with Gasteiger partial charge in [-0.2, -0.15) is 8.42 Å². The fourth-order valence-electron chi connectivity index (χ4n) is 3.79. The van der Waals surface area contributed by atoms with Crippen molar-refractivity contribution >= 4 is 33.7 Å². The highest BCUT2D eigenvalue weighted by Crippen LogP contribution is 2.34. The molecule has 1 saturated heterocycles. The summed E-state index contributed by atoms with van der Waals surface area (Å²) < 4.78 is 35.7. The van der Waals surface area contributed by atoms with E-state index in [0.717, 1.165) is 10.5 Å². The monoisotopic (exact) mass is 486 g/mol. The number of ether oxygens (including phenoxy) is 1. The number of rotatable bonds is 7. The molecule has 0 saturated carbocycles. The number of nitrogens with zero attached hydrogens (tertiary/aromatic N) is 1. The van der Waals surface area contributed by atoms with Crippen molar-refractivity contribution in [2.75, 3.05) is 6.61 Å². The Morgan fingerprint density at radius 3 is 2.44 bits per heavy atom. The quantitative estimate of drug-likeness (QED) is 0.460. The minimum atomic E-state index is -4.01. The number of amides is 4. The Kier molecular flexibility index (Phi) is 6.24.